The van der Waals surface area contributed by atoms with Crippen molar-refractivity contribution in [1.29, 1.82) is 0 Å². The first-order valence-electron chi connectivity index (χ1n) is 7.36. The fourth-order valence-corrected chi connectivity index (χ4v) is 3.66. The summed E-state index contributed by atoms with van der Waals surface area (Å²) in [6.45, 7) is 0.467. The number of hydrogen-bond donors (Lipinski definition) is 1. The van der Waals surface area contributed by atoms with Gasteiger partial charge in [0.05, 0.1) is 18.3 Å². The normalized spacial score (nSPS) is 20.7. The number of methoxy groups -OCH3 is 1. The number of rotatable bonds is 7. The van der Waals surface area contributed by atoms with Crippen LogP contribution in [0.1, 0.15) is 18.4 Å². The average molecular weight is 358 g/mol. The van der Waals surface area contributed by atoms with Crippen molar-refractivity contribution in [2.45, 2.75) is 30.7 Å². The minimum absolute atomic E-state index is 0.0326. The molecule has 1 amide bonds. The zero-order chi connectivity index (χ0) is 16.8. The van der Waals surface area contributed by atoms with Crippen LogP contribution in [-0.4, -0.2) is 53.4 Å². The first-order chi connectivity index (χ1) is 11.0. The lowest BCUT2D eigenvalue weighted by atomic mass is 10.1. The summed E-state index contributed by atoms with van der Waals surface area (Å²) in [5, 5.41) is 9.67. The van der Waals surface area contributed by atoms with Crippen molar-refractivity contribution in [2.24, 2.45) is 0 Å². The van der Waals surface area contributed by atoms with Gasteiger partial charge >= 0.3 is 5.97 Å². The van der Waals surface area contributed by atoms with Gasteiger partial charge in [0, 0.05) is 30.5 Å². The zero-order valence-electron chi connectivity index (χ0n) is 12.9. The smallest absolute Gasteiger partial charge is 0.305 e. The SMILES string of the molecule is COC1CC(CC(=O)O)N(C(=O)CSCc2ccc(Cl)cc2)C1. The molecule has 1 heterocycles. The standard InChI is InChI=1S/C16H20ClNO4S/c1-22-14-6-13(7-16(20)21)18(8-14)15(19)10-23-9-11-2-4-12(17)5-3-11/h2-5,13-14H,6-10H2,1H3,(H,20,21). The Morgan fingerprint density at radius 3 is 2.70 bits per heavy atom. The summed E-state index contributed by atoms with van der Waals surface area (Å²) in [6.07, 6.45) is 0.466. The van der Waals surface area contributed by atoms with Gasteiger partial charge in [0.2, 0.25) is 5.91 Å². The Kier molecular flexibility index (Phi) is 6.74. The number of nitrogens with zero attached hydrogens (tertiary/aromatic N) is 1. The van der Waals surface area contributed by atoms with Gasteiger partial charge in [-0.25, -0.2) is 0 Å². The molecular weight excluding hydrogens is 338 g/mol. The number of carboxylic acids is 1. The molecule has 0 bridgehead atoms. The second-order valence-electron chi connectivity index (χ2n) is 5.51. The molecular formula is C16H20ClNO4S. The van der Waals surface area contributed by atoms with E-state index in [1.165, 1.54) is 11.8 Å². The molecule has 0 saturated carbocycles. The second-order valence-corrected chi connectivity index (χ2v) is 6.93. The van der Waals surface area contributed by atoms with Crippen molar-refractivity contribution >= 4 is 35.2 Å². The summed E-state index contributed by atoms with van der Waals surface area (Å²) in [4.78, 5) is 25.0. The van der Waals surface area contributed by atoms with Gasteiger partial charge in [-0.3, -0.25) is 9.59 Å². The monoisotopic (exact) mass is 357 g/mol. The number of aliphatic carboxylic acids is 1. The maximum absolute atomic E-state index is 12.4. The van der Waals surface area contributed by atoms with Crippen molar-refractivity contribution in [2.75, 3.05) is 19.4 Å². The molecule has 1 aliphatic rings. The molecule has 2 atom stereocenters. The molecule has 0 aliphatic carbocycles. The number of benzene rings is 1. The fraction of sp³-hybridized carbons (Fsp3) is 0.500. The van der Waals surface area contributed by atoms with E-state index in [9.17, 15) is 9.59 Å². The summed E-state index contributed by atoms with van der Waals surface area (Å²) in [6, 6.07) is 7.24. The van der Waals surface area contributed by atoms with E-state index >= 15 is 0 Å². The first kappa shape index (κ1) is 18.1. The molecule has 1 saturated heterocycles. The van der Waals surface area contributed by atoms with Gasteiger partial charge in [0.1, 0.15) is 0 Å². The van der Waals surface area contributed by atoms with Crippen LogP contribution < -0.4 is 0 Å². The number of ether oxygens (including phenoxy) is 1. The quantitative estimate of drug-likeness (QED) is 0.812. The van der Waals surface area contributed by atoms with Gasteiger partial charge in [-0.05, 0) is 24.1 Å². The number of carboxylic acid groups (broad SMARTS) is 1. The average Bonchev–Trinajstić information content (AvgIpc) is 2.91. The molecule has 2 rings (SSSR count). The van der Waals surface area contributed by atoms with Crippen LogP contribution in [-0.2, 0) is 20.1 Å². The van der Waals surface area contributed by atoms with E-state index in [-0.39, 0.29) is 24.5 Å². The Hall–Kier alpha value is -1.24. The number of likely N-dealkylation sites (tertiary alicyclic amines) is 1. The van der Waals surface area contributed by atoms with Crippen LogP contribution in [0.3, 0.4) is 0 Å². The molecule has 1 fully saturated rings. The molecule has 23 heavy (non-hydrogen) atoms. The van der Waals surface area contributed by atoms with Crippen molar-refractivity contribution in [3.8, 4) is 0 Å². The van der Waals surface area contributed by atoms with E-state index in [1.54, 1.807) is 12.0 Å². The van der Waals surface area contributed by atoms with Crippen LogP contribution in [0.4, 0.5) is 0 Å². The minimum atomic E-state index is -0.890. The van der Waals surface area contributed by atoms with Crippen molar-refractivity contribution in [3.05, 3.63) is 34.9 Å². The number of halogens is 1. The lowest BCUT2D eigenvalue weighted by Gasteiger charge is -2.23. The highest BCUT2D eigenvalue weighted by Crippen LogP contribution is 2.24. The highest BCUT2D eigenvalue weighted by molar-refractivity contribution is 7.99. The molecule has 5 nitrogen and oxygen atoms in total. The second kappa shape index (κ2) is 8.57. The Bertz CT molecular complexity index is 552. The third-order valence-electron chi connectivity index (χ3n) is 3.85. The highest BCUT2D eigenvalue weighted by Gasteiger charge is 2.36. The highest BCUT2D eigenvalue weighted by atomic mass is 35.5. The van der Waals surface area contributed by atoms with Crippen molar-refractivity contribution in [1.82, 2.24) is 4.90 Å². The van der Waals surface area contributed by atoms with Crippen LogP contribution in [0.5, 0.6) is 0 Å². The fourth-order valence-electron chi connectivity index (χ4n) is 2.66. The molecule has 2 unspecified atom stereocenters. The van der Waals surface area contributed by atoms with Gasteiger partial charge in [-0.1, -0.05) is 23.7 Å². The van der Waals surface area contributed by atoms with Gasteiger partial charge in [0.25, 0.3) is 0 Å². The van der Waals surface area contributed by atoms with Crippen molar-refractivity contribution in [3.63, 3.8) is 0 Å². The molecule has 0 aromatic heterocycles. The predicted molar refractivity (Wildman–Crippen MR) is 90.8 cm³/mol. The molecule has 126 valence electrons. The summed E-state index contributed by atoms with van der Waals surface area (Å²) >= 11 is 7.35. The van der Waals surface area contributed by atoms with Crippen LogP contribution in [0.15, 0.2) is 24.3 Å². The Morgan fingerprint density at radius 1 is 1.39 bits per heavy atom. The molecule has 1 aromatic rings. The number of amides is 1. The minimum Gasteiger partial charge on any atom is -0.481 e. The van der Waals surface area contributed by atoms with Gasteiger partial charge in [-0.2, -0.15) is 0 Å². The lowest BCUT2D eigenvalue weighted by Crippen LogP contribution is -2.38. The topological polar surface area (TPSA) is 66.8 Å². The van der Waals surface area contributed by atoms with E-state index in [2.05, 4.69) is 0 Å². The van der Waals surface area contributed by atoms with E-state index in [4.69, 9.17) is 21.4 Å². The number of hydrogen-bond acceptors (Lipinski definition) is 4. The summed E-state index contributed by atoms with van der Waals surface area (Å²) in [5.74, 6) is 0.122. The third kappa shape index (κ3) is 5.41. The Labute approximate surface area is 144 Å². The van der Waals surface area contributed by atoms with E-state index in [0.29, 0.717) is 29.5 Å². The molecule has 0 spiro atoms. The van der Waals surface area contributed by atoms with E-state index in [1.807, 2.05) is 24.3 Å². The molecule has 1 aromatic carbocycles. The number of carbonyl (C=O) groups excluding carboxylic acids is 1. The Balaban J connectivity index is 1.85. The first-order valence-corrected chi connectivity index (χ1v) is 8.89. The molecule has 1 aliphatic heterocycles. The van der Waals surface area contributed by atoms with E-state index in [0.717, 1.165) is 5.56 Å². The predicted octanol–water partition coefficient (Wildman–Crippen LogP) is 2.66. The van der Waals surface area contributed by atoms with Crippen LogP contribution in [0.2, 0.25) is 5.02 Å². The summed E-state index contributed by atoms with van der Waals surface area (Å²) < 4.78 is 5.28. The Morgan fingerprint density at radius 2 is 2.09 bits per heavy atom. The molecule has 0 radical (unpaired) electrons. The third-order valence-corrected chi connectivity index (χ3v) is 5.09. The van der Waals surface area contributed by atoms with E-state index < -0.39 is 5.97 Å². The van der Waals surface area contributed by atoms with Gasteiger partial charge in [-0.15, -0.1) is 11.8 Å². The van der Waals surface area contributed by atoms with Crippen LogP contribution in [0, 0.1) is 0 Å². The molecule has 1 N–H and O–H groups in total. The van der Waals surface area contributed by atoms with Gasteiger partial charge < -0.3 is 14.7 Å². The summed E-state index contributed by atoms with van der Waals surface area (Å²) in [5.41, 5.74) is 1.10. The van der Waals surface area contributed by atoms with Gasteiger partial charge in [0.15, 0.2) is 0 Å². The van der Waals surface area contributed by atoms with Crippen LogP contribution in [0.25, 0.3) is 0 Å². The molecule has 7 heteroatoms. The number of carbonyl (C=O) groups is 2. The summed E-state index contributed by atoms with van der Waals surface area (Å²) in [7, 11) is 1.59. The van der Waals surface area contributed by atoms with Crippen molar-refractivity contribution < 1.29 is 19.4 Å². The zero-order valence-corrected chi connectivity index (χ0v) is 14.5. The maximum atomic E-state index is 12.4. The maximum Gasteiger partial charge on any atom is 0.305 e. The largest absolute Gasteiger partial charge is 0.481 e. The van der Waals surface area contributed by atoms with Crippen LogP contribution >= 0.6 is 23.4 Å². The number of thioether (sulfide) groups is 1. The lowest BCUT2D eigenvalue weighted by molar-refractivity contribution is -0.139.